The molecule has 3 radical (unpaired) electrons. The molecule has 15 rings (SSSR count). The molecule has 0 saturated carbocycles. The number of benzene rings is 6. The molecule has 0 aliphatic rings. The molecule has 0 bridgehead atoms. The predicted octanol–water partition coefficient (Wildman–Crippen LogP) is 11.3. The number of imidazole rings is 1. The number of aryl methyl sites for hydroxylation is 1. The maximum atomic E-state index is 13.4. The molecule has 0 saturated heterocycles. The van der Waals surface area contributed by atoms with E-state index in [0.29, 0.717) is 28.9 Å². The number of halogens is 6. The van der Waals surface area contributed by atoms with E-state index in [1.807, 2.05) is 96.0 Å². The Hall–Kier alpha value is -9.56. The molecule has 0 atom stereocenters. The van der Waals surface area contributed by atoms with Gasteiger partial charge in [0.2, 0.25) is 0 Å². The van der Waals surface area contributed by atoms with Gasteiger partial charge in [0, 0.05) is 103 Å². The van der Waals surface area contributed by atoms with Crippen LogP contribution in [0.1, 0.15) is 0 Å². The number of aromatic nitrogens is 14. The Labute approximate surface area is 640 Å². The number of methoxy groups -OCH3 is 1. The number of thiazole rings is 1. The smallest absolute Gasteiger partial charge is 0.762 e. The zero-order valence-corrected chi connectivity index (χ0v) is 64.6. The van der Waals surface area contributed by atoms with Crippen molar-refractivity contribution in [3.63, 3.8) is 0 Å². The van der Waals surface area contributed by atoms with E-state index in [0.717, 1.165) is 46.2 Å². The summed E-state index contributed by atoms with van der Waals surface area (Å²) in [4.78, 5) is 36.9. The van der Waals surface area contributed by atoms with Crippen LogP contribution in [0.15, 0.2) is 298 Å². The SMILES string of the molecule is COc1ccnc(-c2[c-]cc(F)cc2F)c1.Cn1cnc(-c2[c-]cccn2)c1.FB(F)F.[F-].[Ir].[Ir].[Ir].[c-]1cccnc1-c1cscn1.[c-]1cccnc1-n1cncn1.c1ccc(-c2n[n-]c(-c3ccccn3)n2)cc1.c1ccc([PH+](CC[PH+](c2ccccc2)c2ccccc2)c2ccccc2)cc1. The zero-order valence-electron chi connectivity index (χ0n) is 54.6. The van der Waals surface area contributed by atoms with Crippen molar-refractivity contribution in [3.05, 3.63) is 333 Å². The van der Waals surface area contributed by atoms with E-state index in [2.05, 4.69) is 206 Å². The van der Waals surface area contributed by atoms with Crippen LogP contribution >= 0.6 is 27.2 Å². The van der Waals surface area contributed by atoms with Gasteiger partial charge in [-0.3, -0.25) is 51.7 Å². The summed E-state index contributed by atoms with van der Waals surface area (Å²) in [5.41, 5.74) is 7.33. The Balaban J connectivity index is 0.000000225. The molecule has 0 N–H and O–H groups in total. The minimum atomic E-state index is -3.67. The molecule has 9 aromatic heterocycles. The Kier molecular flexibility index (Phi) is 38.3. The predicted molar refractivity (Wildman–Crippen MR) is 386 cm³/mol. The van der Waals surface area contributed by atoms with E-state index in [1.165, 1.54) is 53.2 Å². The number of hydrogen-bond acceptors (Lipinski definition) is 13. The van der Waals surface area contributed by atoms with E-state index < -0.39 is 35.0 Å². The summed E-state index contributed by atoms with van der Waals surface area (Å²) < 4.78 is 63.5. The number of nitrogens with zero attached hydrogens (tertiary/aromatic N) is 14. The van der Waals surface area contributed by atoms with Gasteiger partial charge in [-0.1, -0.05) is 127 Å². The van der Waals surface area contributed by atoms with Crippen molar-refractivity contribution in [2.45, 2.75) is 0 Å². The Bertz CT molecular complexity index is 4380. The van der Waals surface area contributed by atoms with E-state index in [4.69, 9.17) is 4.74 Å². The summed E-state index contributed by atoms with van der Waals surface area (Å²) in [5.74, 6) is 1.05. The Morgan fingerprint density at radius 3 is 1.50 bits per heavy atom. The average molecular weight is 1970 g/mol. The van der Waals surface area contributed by atoms with Crippen molar-refractivity contribution < 1.29 is 91.5 Å². The van der Waals surface area contributed by atoms with Crippen LogP contribution in [0.4, 0.5) is 21.7 Å². The van der Waals surface area contributed by atoms with Gasteiger partial charge in [0.1, 0.15) is 30.7 Å². The summed E-state index contributed by atoms with van der Waals surface area (Å²) in [7, 11) is -1.80. The number of rotatable bonds is 14. The minimum absolute atomic E-state index is 0. The Morgan fingerprint density at radius 2 is 1.05 bits per heavy atom. The molecule has 529 valence electrons. The normalized spacial score (nSPS) is 9.83. The average Bonchev–Trinajstić information content (AvgIpc) is 1.12. The van der Waals surface area contributed by atoms with Gasteiger partial charge in [-0.15, -0.1) is 35.6 Å². The molecule has 0 aliphatic heterocycles. The number of pyridine rings is 5. The van der Waals surface area contributed by atoms with Gasteiger partial charge >= 0.3 is 7.54 Å². The molecule has 0 aliphatic carbocycles. The zero-order chi connectivity index (χ0) is 69.1. The van der Waals surface area contributed by atoms with Crippen LogP contribution in [0.2, 0.25) is 0 Å². The molecule has 0 spiro atoms. The molecule has 103 heavy (non-hydrogen) atoms. The maximum absolute atomic E-state index is 13.4. The van der Waals surface area contributed by atoms with Gasteiger partial charge in [0.25, 0.3) is 0 Å². The van der Waals surface area contributed by atoms with Crippen LogP contribution < -0.4 is 35.8 Å². The van der Waals surface area contributed by atoms with E-state index >= 15 is 0 Å². The topological polar surface area (TPSA) is 175 Å². The Morgan fingerprint density at radius 1 is 0.534 bits per heavy atom. The van der Waals surface area contributed by atoms with Crippen molar-refractivity contribution in [2.24, 2.45) is 7.05 Å². The molecule has 28 heteroatoms. The number of hydrogen-bond donors (Lipinski definition) is 0. The fourth-order valence-electron chi connectivity index (χ4n) is 9.14. The molecule has 0 unspecified atom stereocenters. The second-order valence-corrected chi connectivity index (χ2v) is 26.3. The van der Waals surface area contributed by atoms with Crippen molar-refractivity contribution in [1.29, 1.82) is 0 Å². The molecule has 15 aromatic rings. The van der Waals surface area contributed by atoms with Crippen LogP contribution in [0, 0.1) is 35.9 Å². The van der Waals surface area contributed by atoms with Crippen LogP contribution in [-0.4, -0.2) is 91.3 Å². The summed E-state index contributed by atoms with van der Waals surface area (Å²) >= 11 is 1.56. The first kappa shape index (κ1) is 84.1. The molecule has 6 aromatic carbocycles. The number of ether oxygens (including phenoxy) is 1. The van der Waals surface area contributed by atoms with Crippen molar-refractivity contribution in [1.82, 2.24) is 69.4 Å². The maximum Gasteiger partial charge on any atom is 0.762 e. The molecule has 9 heterocycles. The molecular formula is C75H61BF6Ir3N14OP2S-4. The third-order valence-corrected chi connectivity index (χ3v) is 20.3. The second kappa shape index (κ2) is 46.9. The summed E-state index contributed by atoms with van der Waals surface area (Å²) in [6, 6.07) is 87.4. The standard InChI is InChI=1S/C26H24P2.C13H9N4.C12H8F2NO.C9H8N3.C8H5N2S.C7H5N4.BF3.FH.3Ir/c1-5-13-23(14-6-1)27(24-15-7-2-8-16-24)21-22-28(25-17-9-3-10-18-25)26-19-11-4-12-20-26;1-2-6-10(7-3-1)12-15-13(17-16-12)11-8-4-5-9-14-11;1-16-9-4-5-15-12(7-9)10-3-2-8(13)6-11(10)14;1-12-6-9(11-7-12)8-4-2-3-5-10-8;1-2-4-9-7(3-1)8-5-11-6-10-8;1-2-4-9-7(3-1)11-6-8-5-10-11;2-1(3)4;;;;/h1-20H,21-22H2;1-9H;2,4-7H,1H3;2-3,5-7H,1H3;2*1-2,4-6H;;1H;;;/q;5*-1;;;;;/p+1. The van der Waals surface area contributed by atoms with Gasteiger partial charge in [-0.2, -0.15) is 35.4 Å². The van der Waals surface area contributed by atoms with Gasteiger partial charge in [0.05, 0.1) is 73.3 Å². The van der Waals surface area contributed by atoms with Gasteiger partial charge < -0.3 is 34.1 Å². The second-order valence-electron chi connectivity index (χ2n) is 20.3. The minimum Gasteiger partial charge on any atom is -1.00 e. The monoisotopic (exact) mass is 1970 g/mol. The first-order valence-corrected chi connectivity index (χ1v) is 34.7. The fraction of sp³-hybridized carbons (Fsp3) is 0.0533. The summed E-state index contributed by atoms with van der Waals surface area (Å²) in [5, 5.41) is 20.0. The third kappa shape index (κ3) is 28.0. The first-order chi connectivity index (χ1) is 48.6. The third-order valence-electron chi connectivity index (χ3n) is 13.6. The van der Waals surface area contributed by atoms with E-state index in [-0.39, 0.29) is 70.6 Å². The van der Waals surface area contributed by atoms with Gasteiger partial charge in [-0.25, -0.2) is 21.8 Å². The quantitative estimate of drug-likeness (QED) is 0.0436. The van der Waals surface area contributed by atoms with Crippen LogP contribution in [0.5, 0.6) is 5.75 Å². The molecular weight excluding hydrogens is 1910 g/mol. The van der Waals surface area contributed by atoms with E-state index in [1.54, 1.807) is 83.2 Å². The largest absolute Gasteiger partial charge is 1.00 e. The van der Waals surface area contributed by atoms with Crippen molar-refractivity contribution >= 4 is 55.9 Å². The van der Waals surface area contributed by atoms with E-state index in [9.17, 15) is 21.7 Å². The summed E-state index contributed by atoms with van der Waals surface area (Å²) in [6.45, 7) is 0. The van der Waals surface area contributed by atoms with Gasteiger partial charge in [0.15, 0.2) is 0 Å². The molecule has 0 amide bonds. The first-order valence-electron chi connectivity index (χ1n) is 30.4. The fourth-order valence-corrected chi connectivity index (χ4v) is 15.9. The molecule has 0 fully saturated rings. The van der Waals surface area contributed by atoms with Crippen molar-refractivity contribution in [3.8, 4) is 68.5 Å². The van der Waals surface area contributed by atoms with Crippen molar-refractivity contribution in [2.75, 3.05) is 19.4 Å². The van der Waals surface area contributed by atoms with Crippen LogP contribution in [0.3, 0.4) is 0 Å². The van der Waals surface area contributed by atoms with Crippen LogP contribution in [0.25, 0.3) is 62.8 Å². The molecule has 15 nitrogen and oxygen atoms in total. The van der Waals surface area contributed by atoms with Gasteiger partial charge in [-0.05, 0) is 125 Å². The summed E-state index contributed by atoms with van der Waals surface area (Å²) in [6.07, 6.45) is 17.6. The van der Waals surface area contributed by atoms with Crippen LogP contribution in [-0.2, 0) is 67.4 Å².